The maximum Gasteiger partial charge on any atom is 0.311 e. The number of carbonyl (C=O) groups excluding carboxylic acids is 2. The van der Waals surface area contributed by atoms with E-state index in [4.69, 9.17) is 33.4 Å². The van der Waals surface area contributed by atoms with Crippen LogP contribution in [0.4, 0.5) is 23.0 Å². The SMILES string of the molecule is CC(=O)C1(C)CC1.CC1(c2ccc(N)c(N)n2)CC1.CC1(c2ccc([N+](=O)[O-])c(N)n2)CC1.CN(C)/C=C/C(=O)C1(C)CC1.COC(N(C)C)N(C)C.CSC(=C[N+](=O)[O-])SC.N.NC(N)=C[N+](=O)[O-]. The van der Waals surface area contributed by atoms with Crippen LogP contribution in [-0.4, -0.2) is 119 Å². The van der Waals surface area contributed by atoms with Gasteiger partial charge in [-0.25, -0.2) is 9.97 Å². The van der Waals surface area contributed by atoms with Crippen LogP contribution >= 0.6 is 23.5 Å². The molecule has 6 rings (SSSR count). The van der Waals surface area contributed by atoms with Crippen molar-refractivity contribution in [3.63, 3.8) is 0 Å². The molecule has 4 aliphatic rings. The Kier molecular flexibility index (Phi) is 28.7. The number of rotatable bonds is 14. The summed E-state index contributed by atoms with van der Waals surface area (Å²) in [5.74, 6) is 0.810. The Morgan fingerprint density at radius 1 is 0.714 bits per heavy atom. The van der Waals surface area contributed by atoms with Gasteiger partial charge < -0.3 is 44.5 Å². The summed E-state index contributed by atoms with van der Waals surface area (Å²) >= 11 is 2.76. The fourth-order valence-electron chi connectivity index (χ4n) is 5.34. The van der Waals surface area contributed by atoms with Crippen LogP contribution in [0.2, 0.25) is 0 Å². The number of nitrogen functional groups attached to an aromatic ring is 3. The topological polar surface area (TPSA) is 373 Å². The summed E-state index contributed by atoms with van der Waals surface area (Å²) < 4.78 is 5.85. The van der Waals surface area contributed by atoms with Gasteiger partial charge in [0.2, 0.25) is 5.82 Å². The van der Waals surface area contributed by atoms with Gasteiger partial charge in [-0.2, -0.15) is 0 Å². The maximum absolute atomic E-state index is 11.3. The third-order valence-corrected chi connectivity index (χ3v) is 13.2. The molecule has 0 aromatic carbocycles. The van der Waals surface area contributed by atoms with Gasteiger partial charge in [-0.05, 0) is 123 Å². The van der Waals surface area contributed by atoms with Gasteiger partial charge in [0.15, 0.2) is 18.0 Å². The Morgan fingerprint density at radius 2 is 1.13 bits per heavy atom. The Balaban J connectivity index is 0. The number of nitrogens with zero attached hydrogens (tertiary/aromatic N) is 8. The van der Waals surface area contributed by atoms with Gasteiger partial charge in [0.25, 0.3) is 12.4 Å². The first-order valence-electron chi connectivity index (χ1n) is 21.8. The Morgan fingerprint density at radius 3 is 1.34 bits per heavy atom. The Hall–Kier alpha value is -5.60. The van der Waals surface area contributed by atoms with Crippen molar-refractivity contribution in [1.29, 1.82) is 0 Å². The number of carbonyl (C=O) groups is 2. The van der Waals surface area contributed by atoms with Crippen LogP contribution < -0.4 is 34.8 Å². The molecule has 396 valence electrons. The van der Waals surface area contributed by atoms with E-state index in [0.717, 1.165) is 60.3 Å². The van der Waals surface area contributed by atoms with Crippen molar-refractivity contribution in [3.05, 3.63) is 101 Å². The van der Waals surface area contributed by atoms with Crippen molar-refractivity contribution in [2.75, 3.05) is 79.1 Å². The molecule has 0 unspecified atom stereocenters. The summed E-state index contributed by atoms with van der Waals surface area (Å²) in [6.45, 7) is 10.0. The first kappa shape index (κ1) is 66.5. The second-order valence-corrected chi connectivity index (χ2v) is 20.5. The first-order valence-corrected chi connectivity index (χ1v) is 24.2. The smallest absolute Gasteiger partial charge is 0.311 e. The molecule has 4 fully saturated rings. The van der Waals surface area contributed by atoms with Gasteiger partial charge in [0.05, 0.1) is 20.5 Å². The number of ether oxygens (including phenoxy) is 1. The minimum absolute atomic E-state index is 0. The average molecular weight is 1030 g/mol. The molecule has 2 heterocycles. The molecule has 2 aromatic heterocycles. The van der Waals surface area contributed by atoms with Gasteiger partial charge >= 0.3 is 5.69 Å². The predicted molar refractivity (Wildman–Crippen MR) is 283 cm³/mol. The van der Waals surface area contributed by atoms with Crippen molar-refractivity contribution in [2.24, 2.45) is 22.3 Å². The van der Waals surface area contributed by atoms with E-state index in [2.05, 4.69) is 23.8 Å². The number of methoxy groups -OCH3 is 1. The Bertz CT molecular complexity index is 2100. The average Bonchev–Trinajstić information content (AvgIpc) is 4.05. The minimum atomic E-state index is -0.713. The van der Waals surface area contributed by atoms with Crippen molar-refractivity contribution < 1.29 is 29.1 Å². The zero-order valence-corrected chi connectivity index (χ0v) is 45.1. The molecule has 23 nitrogen and oxygen atoms in total. The van der Waals surface area contributed by atoms with Crippen molar-refractivity contribution >= 4 is 58.1 Å². The number of nitrogens with two attached hydrogens (primary N) is 5. The van der Waals surface area contributed by atoms with E-state index < -0.39 is 14.8 Å². The normalized spacial score (nSPS) is 15.8. The van der Waals surface area contributed by atoms with Gasteiger partial charge in [-0.15, -0.1) is 23.5 Å². The van der Waals surface area contributed by atoms with Gasteiger partial charge in [0, 0.05) is 66.5 Å². The zero-order chi connectivity index (χ0) is 53.7. The summed E-state index contributed by atoms with van der Waals surface area (Å²) in [5, 5.41) is 29.7. The minimum Gasteiger partial charge on any atom is -0.396 e. The second-order valence-electron chi connectivity index (χ2n) is 18.5. The summed E-state index contributed by atoms with van der Waals surface area (Å²) in [6, 6.07) is 6.93. The van der Waals surface area contributed by atoms with Crippen molar-refractivity contribution in [2.45, 2.75) is 103 Å². The lowest BCUT2D eigenvalue weighted by Crippen LogP contribution is -2.41. The standard InChI is InChI=1S/C9H11N3O2.C9H13N3.C9H15NO.C6H16N2O.C6H10O.C4H7NO2S2.C2H5N3O2.H3N/c1-9(4-5-9)7-3-2-6(12(13)14)8(10)11-7;1-9(4-5-9)7-3-2-6(10)8(11)12-7;1-9(5-6-9)8(11)4-7-10(2)3;1-7(2)6(9-5)8(3)4;1-5(7)6(2)3-4-6;1-8-4(9-2)3-5(6)7;3-2(4)1-5(6)7;/h2-3H,4-5H2,1H3,(H2,10,11);2-3H,4-5,10H2,1H3,(H2,11,12);4,7H,5-6H2,1-3H3;6H,1-5H3;3-4H2,1-2H3;3H,1-2H3;1H,3-4H2;1H3/b;;7-4+;;;;;. The van der Waals surface area contributed by atoms with Crippen LogP contribution in [0.5, 0.6) is 0 Å². The molecular formula is C45H80N14O9S2. The molecule has 0 bridgehead atoms. The highest BCUT2D eigenvalue weighted by molar-refractivity contribution is 8.21. The highest BCUT2D eigenvalue weighted by atomic mass is 32.2. The van der Waals surface area contributed by atoms with E-state index in [1.54, 1.807) is 26.2 Å². The fourth-order valence-corrected chi connectivity index (χ4v) is 6.39. The second kappa shape index (κ2) is 30.2. The third kappa shape index (κ3) is 25.8. The van der Waals surface area contributed by atoms with E-state index in [1.807, 2.05) is 102 Å². The van der Waals surface area contributed by atoms with Crippen LogP contribution in [0.1, 0.15) is 97.4 Å². The molecule has 0 saturated heterocycles. The number of pyridine rings is 2. The maximum atomic E-state index is 11.3. The molecule has 4 aliphatic carbocycles. The van der Waals surface area contributed by atoms with Gasteiger partial charge in [-0.1, -0.05) is 27.7 Å². The van der Waals surface area contributed by atoms with Crippen LogP contribution in [0.3, 0.4) is 0 Å². The summed E-state index contributed by atoms with van der Waals surface area (Å²) in [7, 11) is 13.5. The molecular weight excluding hydrogens is 945 g/mol. The van der Waals surface area contributed by atoms with Crippen molar-refractivity contribution in [3.8, 4) is 0 Å². The molecule has 0 radical (unpaired) electrons. The molecule has 0 spiro atoms. The molecule has 25 heteroatoms. The van der Waals surface area contributed by atoms with Crippen LogP contribution in [0, 0.1) is 41.2 Å². The van der Waals surface area contributed by atoms with E-state index in [0.29, 0.717) is 23.5 Å². The molecule has 0 aliphatic heterocycles. The monoisotopic (exact) mass is 1020 g/mol. The van der Waals surface area contributed by atoms with E-state index >= 15 is 0 Å². The lowest BCUT2D eigenvalue weighted by Gasteiger charge is -2.28. The number of anilines is 3. The number of aromatic nitrogens is 2. The number of ketones is 2. The predicted octanol–water partition coefficient (Wildman–Crippen LogP) is 6.70. The fraction of sp³-hybridized carbons (Fsp3) is 0.600. The summed E-state index contributed by atoms with van der Waals surface area (Å²) in [5.41, 5.74) is 28.9. The van der Waals surface area contributed by atoms with Gasteiger partial charge in [-0.3, -0.25) is 49.7 Å². The number of nitro groups is 3. The van der Waals surface area contributed by atoms with E-state index in [1.165, 1.54) is 42.4 Å². The first-order chi connectivity index (χ1) is 31.8. The lowest BCUT2D eigenvalue weighted by molar-refractivity contribution is -0.403. The van der Waals surface area contributed by atoms with E-state index in [-0.39, 0.29) is 57.3 Å². The summed E-state index contributed by atoms with van der Waals surface area (Å²) in [4.78, 5) is 64.1. The number of Topliss-reactive ketones (excluding diaryl/α,β-unsaturated/α-hetero) is 1. The highest BCUT2D eigenvalue weighted by Crippen LogP contribution is 2.48. The quantitative estimate of drug-likeness (QED) is 0.0496. The third-order valence-electron chi connectivity index (χ3n) is 11.2. The molecule has 0 atom stereocenters. The zero-order valence-electron chi connectivity index (χ0n) is 43.5. The molecule has 13 N–H and O–H groups in total. The van der Waals surface area contributed by atoms with E-state index in [9.17, 15) is 39.9 Å². The number of thioether (sulfide) groups is 2. The largest absolute Gasteiger partial charge is 0.396 e. The number of allylic oxidation sites excluding steroid dienone is 1. The Labute approximate surface area is 421 Å². The van der Waals surface area contributed by atoms with Crippen LogP contribution in [-0.2, 0) is 25.2 Å². The van der Waals surface area contributed by atoms with Crippen molar-refractivity contribution in [1.82, 2.24) is 30.8 Å². The van der Waals surface area contributed by atoms with Crippen LogP contribution in [0.25, 0.3) is 0 Å². The molecule has 0 amide bonds. The highest BCUT2D eigenvalue weighted by Gasteiger charge is 2.44. The molecule has 70 heavy (non-hydrogen) atoms. The lowest BCUT2D eigenvalue weighted by atomic mass is 10.0. The van der Waals surface area contributed by atoms with Gasteiger partial charge in [0.1, 0.15) is 15.8 Å². The summed E-state index contributed by atoms with van der Waals surface area (Å²) in [6.07, 6.45) is 17.7. The van der Waals surface area contributed by atoms with Crippen LogP contribution in [0.15, 0.2) is 59.0 Å². The number of hydrogen-bond acceptors (Lipinski definition) is 22. The molecule has 4 saturated carbocycles. The number of hydrogen-bond donors (Lipinski definition) is 6. The molecule has 2 aromatic rings.